The highest BCUT2D eigenvalue weighted by molar-refractivity contribution is 7.99. The molecular formula is C25H33ClN6O3S. The van der Waals surface area contributed by atoms with Crippen LogP contribution in [0.3, 0.4) is 0 Å². The number of ether oxygens (including phenoxy) is 2. The molecule has 2 spiro atoms. The Labute approximate surface area is 220 Å². The summed E-state index contributed by atoms with van der Waals surface area (Å²) in [5.74, 6) is 1.55. The van der Waals surface area contributed by atoms with Crippen LogP contribution in [0.25, 0.3) is 0 Å². The maximum Gasteiger partial charge on any atom is 0.153 e. The molecule has 3 N–H and O–H groups in total. The minimum Gasteiger partial charge on any atom is -0.390 e. The molecule has 4 saturated heterocycles. The Morgan fingerprint density at radius 3 is 2.53 bits per heavy atom. The van der Waals surface area contributed by atoms with E-state index < -0.39 is 0 Å². The Morgan fingerprint density at radius 2 is 1.92 bits per heavy atom. The van der Waals surface area contributed by atoms with E-state index in [1.54, 1.807) is 6.20 Å². The lowest BCUT2D eigenvalue weighted by Crippen LogP contribution is -2.66. The van der Waals surface area contributed by atoms with Crippen molar-refractivity contribution in [2.45, 2.75) is 55.4 Å². The van der Waals surface area contributed by atoms with Gasteiger partial charge in [0.05, 0.1) is 48.7 Å². The van der Waals surface area contributed by atoms with Crippen LogP contribution in [0.5, 0.6) is 0 Å². The van der Waals surface area contributed by atoms with Crippen molar-refractivity contribution in [1.29, 1.82) is 0 Å². The van der Waals surface area contributed by atoms with Crippen molar-refractivity contribution in [3.05, 3.63) is 28.7 Å². The number of hydrogen-bond donors (Lipinski definition) is 2. The molecule has 4 fully saturated rings. The van der Waals surface area contributed by atoms with E-state index in [2.05, 4.69) is 21.7 Å². The summed E-state index contributed by atoms with van der Waals surface area (Å²) in [5, 5.41) is 11.5. The van der Waals surface area contributed by atoms with Gasteiger partial charge in [0.1, 0.15) is 16.5 Å². The average molecular weight is 533 g/mol. The standard InChI is InChI=1S/C25H33ClN6O3S/c1-15-23(36-18-3-6-28-22(19(18)26)32-10-24(11-32)12-34-13-24)30-17(9-33)21(29-15)31-7-4-25(5-8-31)14-35-16(2)20(25)27/h3,6,16,20,33H,4-5,7-14,27H2,1-2H3. The third kappa shape index (κ3) is 4.06. The molecular weight excluding hydrogens is 500 g/mol. The molecule has 2 unspecified atom stereocenters. The molecule has 0 bridgehead atoms. The van der Waals surface area contributed by atoms with Gasteiger partial charge in [0.15, 0.2) is 5.82 Å². The van der Waals surface area contributed by atoms with E-state index in [1.165, 1.54) is 11.8 Å². The van der Waals surface area contributed by atoms with E-state index in [1.807, 2.05) is 13.0 Å². The topological polar surface area (TPSA) is 110 Å². The summed E-state index contributed by atoms with van der Waals surface area (Å²) >= 11 is 8.27. The van der Waals surface area contributed by atoms with Gasteiger partial charge in [0.2, 0.25) is 0 Å². The minimum absolute atomic E-state index is 0.0329. The van der Waals surface area contributed by atoms with Gasteiger partial charge in [-0.3, -0.25) is 0 Å². The Kier molecular flexibility index (Phi) is 6.33. The first-order valence-corrected chi connectivity index (χ1v) is 13.8. The number of aryl methyl sites for hydroxylation is 1. The van der Waals surface area contributed by atoms with E-state index in [9.17, 15) is 5.11 Å². The predicted molar refractivity (Wildman–Crippen MR) is 139 cm³/mol. The van der Waals surface area contributed by atoms with Crippen LogP contribution in [-0.4, -0.2) is 78.2 Å². The summed E-state index contributed by atoms with van der Waals surface area (Å²) in [4.78, 5) is 19.6. The van der Waals surface area contributed by atoms with Crippen LogP contribution in [0.15, 0.2) is 22.2 Å². The molecule has 6 heterocycles. The lowest BCUT2D eigenvalue weighted by Gasteiger charge is -2.55. The van der Waals surface area contributed by atoms with Crippen LogP contribution in [0, 0.1) is 17.8 Å². The van der Waals surface area contributed by atoms with Crippen LogP contribution < -0.4 is 15.5 Å². The van der Waals surface area contributed by atoms with Crippen molar-refractivity contribution in [3.63, 3.8) is 0 Å². The van der Waals surface area contributed by atoms with E-state index in [4.69, 9.17) is 36.8 Å². The van der Waals surface area contributed by atoms with Crippen molar-refractivity contribution in [2.75, 3.05) is 55.8 Å². The minimum atomic E-state index is -0.176. The third-order valence-electron chi connectivity index (χ3n) is 8.34. The zero-order valence-corrected chi connectivity index (χ0v) is 22.3. The molecule has 11 heteroatoms. The zero-order chi connectivity index (χ0) is 25.1. The second-order valence-corrected chi connectivity index (χ2v) is 12.2. The molecule has 36 heavy (non-hydrogen) atoms. The summed E-state index contributed by atoms with van der Waals surface area (Å²) in [6.07, 6.45) is 3.77. The smallest absolute Gasteiger partial charge is 0.153 e. The number of aliphatic hydroxyl groups is 1. The molecule has 0 radical (unpaired) electrons. The van der Waals surface area contributed by atoms with Gasteiger partial charge in [-0.15, -0.1) is 0 Å². The second kappa shape index (κ2) is 9.25. The first-order valence-electron chi connectivity index (χ1n) is 12.6. The highest BCUT2D eigenvalue weighted by Gasteiger charge is 2.50. The van der Waals surface area contributed by atoms with Gasteiger partial charge in [-0.2, -0.15) is 0 Å². The number of halogens is 1. The molecule has 2 aromatic heterocycles. The number of anilines is 2. The molecule has 2 atom stereocenters. The average Bonchev–Trinajstić information content (AvgIpc) is 3.09. The Bertz CT molecular complexity index is 1150. The summed E-state index contributed by atoms with van der Waals surface area (Å²) in [5.41, 5.74) is 8.19. The van der Waals surface area contributed by atoms with Gasteiger partial charge in [0, 0.05) is 48.7 Å². The fourth-order valence-corrected chi connectivity index (χ4v) is 7.14. The number of piperidine rings is 1. The number of pyridine rings is 1. The van der Waals surface area contributed by atoms with Gasteiger partial charge in [0.25, 0.3) is 0 Å². The lowest BCUT2D eigenvalue weighted by molar-refractivity contribution is -0.127. The second-order valence-electron chi connectivity index (χ2n) is 10.8. The van der Waals surface area contributed by atoms with E-state index >= 15 is 0 Å². The maximum absolute atomic E-state index is 10.2. The number of aromatic nitrogens is 3. The van der Waals surface area contributed by atoms with Crippen LogP contribution >= 0.6 is 23.4 Å². The van der Waals surface area contributed by atoms with Crippen LogP contribution in [0.1, 0.15) is 31.2 Å². The molecule has 6 rings (SSSR count). The van der Waals surface area contributed by atoms with Crippen molar-refractivity contribution in [3.8, 4) is 0 Å². The molecule has 0 amide bonds. The van der Waals surface area contributed by atoms with E-state index in [0.29, 0.717) is 10.7 Å². The van der Waals surface area contributed by atoms with Crippen molar-refractivity contribution in [2.24, 2.45) is 16.6 Å². The SMILES string of the molecule is Cc1nc(N2CCC3(CC2)COC(C)C3N)c(CO)nc1Sc1ccnc(N2CC3(COC3)C2)c1Cl. The first kappa shape index (κ1) is 24.6. The fourth-order valence-electron chi connectivity index (χ4n) is 5.92. The number of aliphatic hydroxyl groups excluding tert-OH is 1. The highest BCUT2D eigenvalue weighted by Crippen LogP contribution is 2.45. The summed E-state index contributed by atoms with van der Waals surface area (Å²) in [7, 11) is 0. The van der Waals surface area contributed by atoms with Crippen molar-refractivity contribution >= 4 is 35.0 Å². The number of rotatable bonds is 5. The lowest BCUT2D eigenvalue weighted by atomic mass is 9.73. The number of nitrogens with two attached hydrogens (primary N) is 1. The first-order chi connectivity index (χ1) is 17.3. The maximum atomic E-state index is 10.2. The Hall–Kier alpha value is -1.69. The van der Waals surface area contributed by atoms with Crippen LogP contribution in [0.4, 0.5) is 11.6 Å². The molecule has 0 aromatic carbocycles. The molecule has 0 saturated carbocycles. The Morgan fingerprint density at radius 1 is 1.17 bits per heavy atom. The largest absolute Gasteiger partial charge is 0.390 e. The monoisotopic (exact) mass is 532 g/mol. The van der Waals surface area contributed by atoms with Crippen molar-refractivity contribution < 1.29 is 14.6 Å². The van der Waals surface area contributed by atoms with Crippen LogP contribution in [-0.2, 0) is 16.1 Å². The van der Waals surface area contributed by atoms with Crippen molar-refractivity contribution in [1.82, 2.24) is 15.0 Å². The third-order valence-corrected chi connectivity index (χ3v) is 9.97. The highest BCUT2D eigenvalue weighted by atomic mass is 35.5. The Balaban J connectivity index is 1.19. The molecule has 0 aliphatic carbocycles. The summed E-state index contributed by atoms with van der Waals surface area (Å²) in [6.45, 7) is 9.67. The summed E-state index contributed by atoms with van der Waals surface area (Å²) in [6, 6.07) is 1.96. The summed E-state index contributed by atoms with van der Waals surface area (Å²) < 4.78 is 11.2. The van der Waals surface area contributed by atoms with Gasteiger partial charge in [-0.05, 0) is 32.8 Å². The van der Waals surface area contributed by atoms with Gasteiger partial charge in [-0.1, -0.05) is 23.4 Å². The van der Waals surface area contributed by atoms with Gasteiger partial charge in [-0.25, -0.2) is 15.0 Å². The molecule has 9 nitrogen and oxygen atoms in total. The molecule has 4 aliphatic heterocycles. The predicted octanol–water partition coefficient (Wildman–Crippen LogP) is 2.65. The van der Waals surface area contributed by atoms with Crippen LogP contribution in [0.2, 0.25) is 5.02 Å². The van der Waals surface area contributed by atoms with Gasteiger partial charge >= 0.3 is 0 Å². The molecule has 4 aliphatic rings. The van der Waals surface area contributed by atoms with E-state index in [-0.39, 0.29) is 29.6 Å². The quantitative estimate of drug-likeness (QED) is 0.596. The number of nitrogens with zero attached hydrogens (tertiary/aromatic N) is 5. The normalized spacial score (nSPS) is 26.4. The molecule has 194 valence electrons. The zero-order valence-electron chi connectivity index (χ0n) is 20.7. The van der Waals surface area contributed by atoms with E-state index in [0.717, 1.165) is 86.1 Å². The fraction of sp³-hybridized carbons (Fsp3) is 0.640. The molecule has 2 aromatic rings. The van der Waals surface area contributed by atoms with Gasteiger partial charge < -0.3 is 30.1 Å². The number of hydrogen-bond acceptors (Lipinski definition) is 10.